The third-order valence-corrected chi connectivity index (χ3v) is 8.44. The molecule has 196 valence electrons. The average Bonchev–Trinajstić information content (AvgIpc) is 3.43. The average molecular weight is 562 g/mol. The van der Waals surface area contributed by atoms with Crippen LogP contribution in [0, 0.1) is 0 Å². The Labute approximate surface area is 231 Å². The molecule has 1 aliphatic carbocycles. The van der Waals surface area contributed by atoms with Crippen LogP contribution in [0.2, 0.25) is 10.0 Å². The molecular formula is C28H21Cl2N5O4. The van der Waals surface area contributed by atoms with Crippen molar-refractivity contribution in [3.63, 3.8) is 0 Å². The topological polar surface area (TPSA) is 129 Å². The van der Waals surface area contributed by atoms with Gasteiger partial charge in [-0.2, -0.15) is 0 Å². The largest absolute Gasteiger partial charge is 0.368 e. The summed E-state index contributed by atoms with van der Waals surface area (Å²) in [6.45, 7) is 0. The van der Waals surface area contributed by atoms with Gasteiger partial charge >= 0.3 is 5.69 Å². The molecule has 1 unspecified atom stereocenters. The number of rotatable bonds is 4. The third-order valence-electron chi connectivity index (χ3n) is 7.62. The molecule has 39 heavy (non-hydrogen) atoms. The Kier molecular flexibility index (Phi) is 5.74. The zero-order valence-corrected chi connectivity index (χ0v) is 22.1. The molecule has 3 heterocycles. The molecule has 0 radical (unpaired) electrons. The molecule has 11 heteroatoms. The number of aromatic nitrogens is 3. The molecule has 2 aromatic carbocycles. The van der Waals surface area contributed by atoms with E-state index in [0.717, 1.165) is 25.8 Å². The maximum atomic E-state index is 13.3. The predicted octanol–water partition coefficient (Wildman–Crippen LogP) is 2.98. The molecule has 6 rings (SSSR count). The molecule has 0 bridgehead atoms. The van der Waals surface area contributed by atoms with Gasteiger partial charge < -0.3 is 11.1 Å². The number of pyridine rings is 1. The van der Waals surface area contributed by atoms with E-state index in [-0.39, 0.29) is 21.5 Å². The first-order valence-electron chi connectivity index (χ1n) is 12.1. The Morgan fingerprint density at radius 2 is 1.82 bits per heavy atom. The number of benzene rings is 2. The van der Waals surface area contributed by atoms with Gasteiger partial charge in [0.2, 0.25) is 11.8 Å². The minimum Gasteiger partial charge on any atom is -0.368 e. The summed E-state index contributed by atoms with van der Waals surface area (Å²) in [6.07, 6.45) is 3.80. The van der Waals surface area contributed by atoms with Gasteiger partial charge in [-0.3, -0.25) is 23.5 Å². The van der Waals surface area contributed by atoms with Crippen LogP contribution in [0.1, 0.15) is 28.3 Å². The summed E-state index contributed by atoms with van der Waals surface area (Å²) >= 11 is 12.5. The number of nitrogens with one attached hydrogen (secondary N) is 1. The number of hydrogen-bond donors (Lipinski definition) is 2. The zero-order valence-electron chi connectivity index (χ0n) is 20.6. The molecule has 2 amide bonds. The third kappa shape index (κ3) is 3.72. The van der Waals surface area contributed by atoms with Crippen LogP contribution in [-0.4, -0.2) is 25.9 Å². The number of halogens is 2. The molecular weight excluding hydrogens is 541 g/mol. The van der Waals surface area contributed by atoms with Crippen molar-refractivity contribution in [2.45, 2.75) is 24.3 Å². The lowest BCUT2D eigenvalue weighted by atomic mass is 9.79. The smallest absolute Gasteiger partial charge is 0.331 e. The van der Waals surface area contributed by atoms with E-state index in [1.54, 1.807) is 42.6 Å². The van der Waals surface area contributed by atoms with Gasteiger partial charge in [0, 0.05) is 30.6 Å². The monoisotopic (exact) mass is 561 g/mol. The highest BCUT2D eigenvalue weighted by Gasteiger charge is 2.51. The quantitative estimate of drug-likeness (QED) is 0.395. The number of hydrogen-bond acceptors (Lipinski definition) is 5. The second-order valence-corrected chi connectivity index (χ2v) is 10.6. The van der Waals surface area contributed by atoms with Gasteiger partial charge in [-0.1, -0.05) is 59.6 Å². The van der Waals surface area contributed by atoms with Crippen molar-refractivity contribution < 1.29 is 9.59 Å². The van der Waals surface area contributed by atoms with Crippen LogP contribution in [0.25, 0.3) is 11.1 Å². The van der Waals surface area contributed by atoms with Gasteiger partial charge in [0.05, 0.1) is 21.0 Å². The SMILES string of the molecule is Cn1c(=O)c(-c2cccc(Cl)c2Cl)cn(C(C(N)=O)c2ccc3c(c2)C[C@@]2(C3)C(=O)Nc3ncccc32)c1=O. The van der Waals surface area contributed by atoms with Gasteiger partial charge in [0.1, 0.15) is 11.9 Å². The van der Waals surface area contributed by atoms with Crippen molar-refractivity contribution in [2.24, 2.45) is 12.8 Å². The van der Waals surface area contributed by atoms with Gasteiger partial charge in [-0.25, -0.2) is 9.78 Å². The maximum Gasteiger partial charge on any atom is 0.331 e. The van der Waals surface area contributed by atoms with Crippen LogP contribution in [-0.2, 0) is 34.9 Å². The first kappa shape index (κ1) is 25.1. The van der Waals surface area contributed by atoms with Crippen molar-refractivity contribution in [1.82, 2.24) is 14.1 Å². The number of nitrogens with two attached hydrogens (primary N) is 1. The summed E-state index contributed by atoms with van der Waals surface area (Å²) in [7, 11) is 1.32. The van der Waals surface area contributed by atoms with Crippen molar-refractivity contribution >= 4 is 40.8 Å². The fourth-order valence-corrected chi connectivity index (χ4v) is 6.09. The van der Waals surface area contributed by atoms with E-state index in [0.29, 0.717) is 29.8 Å². The summed E-state index contributed by atoms with van der Waals surface area (Å²) in [4.78, 5) is 56.5. The molecule has 9 nitrogen and oxygen atoms in total. The minimum atomic E-state index is -1.23. The van der Waals surface area contributed by atoms with Crippen LogP contribution >= 0.6 is 23.2 Å². The molecule has 1 aliphatic heterocycles. The zero-order chi connectivity index (χ0) is 27.6. The number of anilines is 1. The number of amides is 2. The normalized spacial score (nSPS) is 18.1. The van der Waals surface area contributed by atoms with Crippen LogP contribution in [0.5, 0.6) is 0 Å². The van der Waals surface area contributed by atoms with Crippen molar-refractivity contribution in [3.8, 4) is 11.1 Å². The van der Waals surface area contributed by atoms with E-state index in [2.05, 4.69) is 10.3 Å². The molecule has 2 aliphatic rings. The lowest BCUT2D eigenvalue weighted by molar-refractivity contribution is -0.121. The molecule has 3 N–H and O–H groups in total. The number of fused-ring (bicyclic) bond motifs is 3. The fraction of sp³-hybridized carbons (Fsp3) is 0.179. The fourth-order valence-electron chi connectivity index (χ4n) is 5.69. The maximum absolute atomic E-state index is 13.3. The van der Waals surface area contributed by atoms with E-state index in [4.69, 9.17) is 28.9 Å². The van der Waals surface area contributed by atoms with E-state index in [1.807, 2.05) is 12.1 Å². The van der Waals surface area contributed by atoms with Crippen molar-refractivity contribution in [2.75, 3.05) is 5.32 Å². The molecule has 0 saturated carbocycles. The summed E-state index contributed by atoms with van der Waals surface area (Å²) < 4.78 is 2.03. The van der Waals surface area contributed by atoms with Crippen molar-refractivity contribution in [3.05, 3.63) is 114 Å². The highest BCUT2D eigenvalue weighted by atomic mass is 35.5. The minimum absolute atomic E-state index is 0.0858. The number of nitrogens with zero attached hydrogens (tertiary/aromatic N) is 3. The summed E-state index contributed by atoms with van der Waals surface area (Å²) in [5, 5.41) is 3.25. The van der Waals surface area contributed by atoms with Crippen LogP contribution in [0.4, 0.5) is 5.82 Å². The van der Waals surface area contributed by atoms with Crippen LogP contribution in [0.15, 0.2) is 70.5 Å². The van der Waals surface area contributed by atoms with E-state index >= 15 is 0 Å². The van der Waals surface area contributed by atoms with Gasteiger partial charge in [-0.15, -0.1) is 0 Å². The molecule has 1 spiro atoms. The van der Waals surface area contributed by atoms with E-state index in [9.17, 15) is 19.2 Å². The summed E-state index contributed by atoms with van der Waals surface area (Å²) in [5.41, 5.74) is 7.22. The highest BCUT2D eigenvalue weighted by Crippen LogP contribution is 2.47. The lowest BCUT2D eigenvalue weighted by Gasteiger charge is -2.20. The second kappa shape index (κ2) is 8.93. The number of primary amides is 1. The Morgan fingerprint density at radius 1 is 1.05 bits per heavy atom. The predicted molar refractivity (Wildman–Crippen MR) is 147 cm³/mol. The van der Waals surface area contributed by atoms with Gasteiger partial charge in [0.15, 0.2) is 0 Å². The van der Waals surface area contributed by atoms with Crippen LogP contribution in [0.3, 0.4) is 0 Å². The molecule has 2 aromatic heterocycles. The number of carbonyl (C=O) groups excluding carboxylic acids is 2. The Morgan fingerprint density at radius 3 is 2.59 bits per heavy atom. The first-order chi connectivity index (χ1) is 18.6. The molecule has 0 saturated heterocycles. The summed E-state index contributed by atoms with van der Waals surface area (Å²) in [5.74, 6) is -0.369. The lowest BCUT2D eigenvalue weighted by Crippen LogP contribution is -2.43. The Bertz CT molecular complexity index is 1850. The molecule has 2 atom stereocenters. The van der Waals surface area contributed by atoms with Crippen molar-refractivity contribution in [1.29, 1.82) is 0 Å². The molecule has 4 aromatic rings. The Balaban J connectivity index is 1.47. The van der Waals surface area contributed by atoms with E-state index < -0.39 is 28.6 Å². The van der Waals surface area contributed by atoms with Gasteiger partial charge in [0.25, 0.3) is 5.56 Å². The van der Waals surface area contributed by atoms with Gasteiger partial charge in [-0.05, 0) is 41.7 Å². The van der Waals surface area contributed by atoms with E-state index in [1.165, 1.54) is 13.2 Å². The second-order valence-electron chi connectivity index (χ2n) is 9.82. The number of carbonyl (C=O) groups is 2. The summed E-state index contributed by atoms with van der Waals surface area (Å²) in [6, 6.07) is 12.6. The highest BCUT2D eigenvalue weighted by molar-refractivity contribution is 6.43. The first-order valence-corrected chi connectivity index (χ1v) is 12.8. The van der Waals surface area contributed by atoms with Crippen LogP contribution < -0.4 is 22.3 Å². The molecule has 0 fully saturated rings. The Hall–Kier alpha value is -4.21. The standard InChI is InChI=1S/C28H21Cl2N5O4/c1-34-25(37)18(17-4-2-6-20(29)21(17)30)13-35(27(34)39)22(23(31)36)14-7-8-15-11-28(12-16(15)10-14)19-5-3-9-32-24(19)33-26(28)38/h2-10,13,22H,11-12H2,1H3,(H2,31,36)(H,32,33,38)/t22?,28-/m1/s1.